The molecule has 2 rings (SSSR count). The van der Waals surface area contributed by atoms with Crippen molar-refractivity contribution < 1.29 is 19.1 Å². The maximum Gasteiger partial charge on any atom is 0.350 e. The largest absolute Gasteiger partial charge is 0.451 e. The molecule has 0 saturated carbocycles. The fourth-order valence-corrected chi connectivity index (χ4v) is 3.80. The van der Waals surface area contributed by atoms with E-state index in [1.54, 1.807) is 25.1 Å². The third-order valence-electron chi connectivity index (χ3n) is 3.43. The van der Waals surface area contributed by atoms with E-state index in [0.717, 1.165) is 22.5 Å². The molecule has 2 amide bonds. The molecule has 1 heterocycles. The highest BCUT2D eigenvalue weighted by Crippen LogP contribution is 2.37. The van der Waals surface area contributed by atoms with Gasteiger partial charge in [-0.3, -0.25) is 9.59 Å². The summed E-state index contributed by atoms with van der Waals surface area (Å²) in [7, 11) is 0. The van der Waals surface area contributed by atoms with E-state index in [0.29, 0.717) is 17.0 Å². The first kappa shape index (κ1) is 20.5. The summed E-state index contributed by atoms with van der Waals surface area (Å²) in [5.41, 5.74) is 0. The first-order valence-corrected chi connectivity index (χ1v) is 9.52. The third kappa shape index (κ3) is 5.09. The summed E-state index contributed by atoms with van der Waals surface area (Å²) in [4.78, 5) is 36.0. The molecule has 1 aromatic heterocycles. The van der Waals surface area contributed by atoms with Gasteiger partial charge in [-0.15, -0.1) is 11.3 Å². The van der Waals surface area contributed by atoms with Crippen LogP contribution < -0.4 is 10.6 Å². The molecule has 0 aliphatic rings. The molecule has 0 fully saturated rings. The number of hydrogen-bond donors (Lipinski definition) is 2. The Hall–Kier alpha value is -1.83. The van der Waals surface area contributed by atoms with Gasteiger partial charge < -0.3 is 15.4 Å². The Morgan fingerprint density at radius 2 is 2.00 bits per heavy atom. The molecule has 9 heteroatoms. The molecule has 2 N–H and O–H groups in total. The third-order valence-corrected chi connectivity index (χ3v) is 5.30. The quantitative estimate of drug-likeness (QED) is 0.677. The zero-order valence-electron chi connectivity index (χ0n) is 14.2. The van der Waals surface area contributed by atoms with Crippen molar-refractivity contribution >= 4 is 62.4 Å². The predicted molar refractivity (Wildman–Crippen MR) is 103 cm³/mol. The number of fused-ring (bicyclic) bond motifs is 1. The summed E-state index contributed by atoms with van der Waals surface area (Å²) in [6.45, 7) is 3.51. The van der Waals surface area contributed by atoms with Crippen molar-refractivity contribution in [1.29, 1.82) is 0 Å². The Bertz CT molecular complexity index is 838. The van der Waals surface area contributed by atoms with Gasteiger partial charge in [0.05, 0.1) is 5.02 Å². The van der Waals surface area contributed by atoms with E-state index in [4.69, 9.17) is 27.9 Å². The van der Waals surface area contributed by atoms with Gasteiger partial charge >= 0.3 is 5.97 Å². The first-order chi connectivity index (χ1) is 12.3. The number of hydrogen-bond acceptors (Lipinski definition) is 5. The molecule has 0 aliphatic carbocycles. The lowest BCUT2D eigenvalue weighted by Crippen LogP contribution is -2.46. The molecule has 0 unspecified atom stereocenters. The highest BCUT2D eigenvalue weighted by molar-refractivity contribution is 7.21. The molecule has 1 atom stereocenters. The summed E-state index contributed by atoms with van der Waals surface area (Å²) in [5.74, 6) is -1.57. The van der Waals surface area contributed by atoms with Crippen molar-refractivity contribution in [3.63, 3.8) is 0 Å². The normalized spacial score (nSPS) is 11.8. The zero-order valence-corrected chi connectivity index (χ0v) is 16.6. The average molecular weight is 417 g/mol. The Balaban J connectivity index is 1.93. The molecule has 0 aliphatic heterocycles. The van der Waals surface area contributed by atoms with Gasteiger partial charge in [-0.05, 0) is 25.5 Å². The molecular weight excluding hydrogens is 399 g/mol. The second-order valence-electron chi connectivity index (χ2n) is 5.54. The number of halogens is 2. The molecule has 0 radical (unpaired) electrons. The van der Waals surface area contributed by atoms with Crippen LogP contribution in [0.4, 0.5) is 0 Å². The van der Waals surface area contributed by atoms with Crippen molar-refractivity contribution in [3.05, 3.63) is 33.1 Å². The lowest BCUT2D eigenvalue weighted by Gasteiger charge is -2.13. The lowest BCUT2D eigenvalue weighted by molar-refractivity contribution is -0.130. The molecule has 0 bridgehead atoms. The fraction of sp³-hybridized carbons (Fsp3) is 0.353. The molecule has 0 spiro atoms. The van der Waals surface area contributed by atoms with Crippen LogP contribution in [0, 0.1) is 0 Å². The van der Waals surface area contributed by atoms with Crippen LogP contribution in [0.5, 0.6) is 0 Å². The highest BCUT2D eigenvalue weighted by Gasteiger charge is 2.21. The minimum absolute atomic E-state index is 0.200. The Labute approximate surface area is 164 Å². The number of benzene rings is 1. The van der Waals surface area contributed by atoms with Crippen LogP contribution in [0.2, 0.25) is 10.0 Å². The molecule has 26 heavy (non-hydrogen) atoms. The first-order valence-electron chi connectivity index (χ1n) is 7.95. The van der Waals surface area contributed by atoms with Gasteiger partial charge in [0.25, 0.3) is 5.91 Å². The molecular formula is C17H18Cl2N2O4S. The standard InChI is InChI=1S/C17H18Cl2N2O4S/c1-3-6-20-16(23)9(2)21-13(22)8-25-17(24)15-14(19)11-5-4-10(18)7-12(11)26-15/h4-5,7,9H,3,6,8H2,1-2H3,(H,20,23)(H,21,22)/t9-/m1/s1. The minimum Gasteiger partial charge on any atom is -0.451 e. The van der Waals surface area contributed by atoms with Crippen LogP contribution in [0.25, 0.3) is 10.1 Å². The van der Waals surface area contributed by atoms with Gasteiger partial charge in [-0.1, -0.05) is 36.2 Å². The maximum atomic E-state index is 12.2. The summed E-state index contributed by atoms with van der Waals surface area (Å²) < 4.78 is 5.75. The number of esters is 1. The molecule has 1 aromatic carbocycles. The second kappa shape index (κ2) is 9.21. The van der Waals surface area contributed by atoms with Gasteiger partial charge in [0.15, 0.2) is 6.61 Å². The summed E-state index contributed by atoms with van der Waals surface area (Å²) in [5, 5.41) is 6.62. The Morgan fingerprint density at radius 3 is 2.69 bits per heavy atom. The van der Waals surface area contributed by atoms with E-state index < -0.39 is 24.5 Å². The monoisotopic (exact) mass is 416 g/mol. The van der Waals surface area contributed by atoms with Crippen LogP contribution in [0.1, 0.15) is 29.9 Å². The van der Waals surface area contributed by atoms with Crippen molar-refractivity contribution in [2.45, 2.75) is 26.3 Å². The highest BCUT2D eigenvalue weighted by atomic mass is 35.5. The molecule has 2 aromatic rings. The van der Waals surface area contributed by atoms with Crippen molar-refractivity contribution in [3.8, 4) is 0 Å². The van der Waals surface area contributed by atoms with Crippen LogP contribution in [0.3, 0.4) is 0 Å². The second-order valence-corrected chi connectivity index (χ2v) is 7.41. The van der Waals surface area contributed by atoms with E-state index in [-0.39, 0.29) is 15.8 Å². The van der Waals surface area contributed by atoms with Gasteiger partial charge in [0.2, 0.25) is 5.91 Å². The fourth-order valence-electron chi connectivity index (χ4n) is 2.12. The number of nitrogens with one attached hydrogen (secondary N) is 2. The summed E-state index contributed by atoms with van der Waals surface area (Å²) in [6.07, 6.45) is 0.797. The Kier molecular flexibility index (Phi) is 7.25. The average Bonchev–Trinajstić information content (AvgIpc) is 2.93. The van der Waals surface area contributed by atoms with E-state index in [2.05, 4.69) is 10.6 Å². The molecule has 6 nitrogen and oxygen atoms in total. The SMILES string of the molecule is CCCNC(=O)[C@@H](C)NC(=O)COC(=O)c1sc2cc(Cl)ccc2c1Cl. The molecule has 140 valence electrons. The number of ether oxygens (including phenoxy) is 1. The lowest BCUT2D eigenvalue weighted by atomic mass is 10.2. The summed E-state index contributed by atoms with van der Waals surface area (Å²) in [6, 6.07) is 4.38. The topological polar surface area (TPSA) is 84.5 Å². The van der Waals surface area contributed by atoms with Crippen LogP contribution in [-0.2, 0) is 14.3 Å². The Morgan fingerprint density at radius 1 is 1.27 bits per heavy atom. The maximum absolute atomic E-state index is 12.2. The summed E-state index contributed by atoms with van der Waals surface area (Å²) >= 11 is 13.3. The van der Waals surface area contributed by atoms with E-state index in [1.807, 2.05) is 6.92 Å². The van der Waals surface area contributed by atoms with Gasteiger partial charge in [0.1, 0.15) is 10.9 Å². The van der Waals surface area contributed by atoms with Crippen molar-refractivity contribution in [1.82, 2.24) is 10.6 Å². The number of rotatable bonds is 7. The number of thiophene rings is 1. The minimum atomic E-state index is -0.720. The number of carbonyl (C=O) groups is 3. The van der Waals surface area contributed by atoms with E-state index in [9.17, 15) is 14.4 Å². The predicted octanol–water partition coefficient (Wildman–Crippen LogP) is 3.40. The van der Waals surface area contributed by atoms with Crippen molar-refractivity contribution in [2.75, 3.05) is 13.2 Å². The van der Waals surface area contributed by atoms with E-state index in [1.165, 1.54) is 0 Å². The van der Waals surface area contributed by atoms with Gasteiger partial charge in [0, 0.05) is 21.7 Å². The van der Waals surface area contributed by atoms with Crippen LogP contribution in [-0.4, -0.2) is 37.0 Å². The smallest absolute Gasteiger partial charge is 0.350 e. The van der Waals surface area contributed by atoms with Crippen LogP contribution in [0.15, 0.2) is 18.2 Å². The van der Waals surface area contributed by atoms with Gasteiger partial charge in [-0.2, -0.15) is 0 Å². The molecule has 0 saturated heterocycles. The zero-order chi connectivity index (χ0) is 19.3. The number of carbonyl (C=O) groups excluding carboxylic acids is 3. The van der Waals surface area contributed by atoms with E-state index >= 15 is 0 Å². The van der Waals surface area contributed by atoms with Crippen molar-refractivity contribution in [2.24, 2.45) is 0 Å². The number of amides is 2. The van der Waals surface area contributed by atoms with Crippen LogP contribution >= 0.6 is 34.5 Å². The van der Waals surface area contributed by atoms with Gasteiger partial charge in [-0.25, -0.2) is 4.79 Å².